The molecule has 2 saturated carbocycles. The Balaban J connectivity index is 1.65. The van der Waals surface area contributed by atoms with Crippen LogP contribution in [0.25, 0.3) is 0 Å². The van der Waals surface area contributed by atoms with Crippen molar-refractivity contribution in [1.82, 2.24) is 5.32 Å². The second-order valence-corrected chi connectivity index (χ2v) is 7.20. The van der Waals surface area contributed by atoms with E-state index in [0.717, 1.165) is 51.0 Å². The third-order valence-electron chi connectivity index (χ3n) is 5.78. The van der Waals surface area contributed by atoms with Crippen molar-refractivity contribution in [2.24, 2.45) is 23.7 Å². The first-order valence-electron chi connectivity index (χ1n) is 8.88. The van der Waals surface area contributed by atoms with Crippen molar-refractivity contribution < 1.29 is 9.59 Å². The van der Waals surface area contributed by atoms with E-state index in [1.54, 1.807) is 6.92 Å². The van der Waals surface area contributed by atoms with Crippen LogP contribution in [0.2, 0.25) is 0 Å². The van der Waals surface area contributed by atoms with Crippen molar-refractivity contribution in [3.63, 3.8) is 0 Å². The third kappa shape index (κ3) is 4.82. The lowest BCUT2D eigenvalue weighted by molar-refractivity contribution is -0.127. The van der Waals surface area contributed by atoms with E-state index in [1.807, 2.05) is 0 Å². The number of rotatable bonds is 5. The highest BCUT2D eigenvalue weighted by atomic mass is 16.1. The molecule has 0 unspecified atom stereocenters. The van der Waals surface area contributed by atoms with Gasteiger partial charge in [-0.05, 0) is 70.1 Å². The van der Waals surface area contributed by atoms with E-state index in [0.29, 0.717) is 11.7 Å². The van der Waals surface area contributed by atoms with Gasteiger partial charge in [0.25, 0.3) is 0 Å². The van der Waals surface area contributed by atoms with Gasteiger partial charge in [-0.1, -0.05) is 13.3 Å². The van der Waals surface area contributed by atoms with Crippen LogP contribution >= 0.6 is 0 Å². The van der Waals surface area contributed by atoms with Gasteiger partial charge in [0.2, 0.25) is 5.91 Å². The van der Waals surface area contributed by atoms with E-state index in [1.165, 1.54) is 19.3 Å². The lowest BCUT2D eigenvalue weighted by Crippen LogP contribution is -2.37. The van der Waals surface area contributed by atoms with Crippen LogP contribution in [0.15, 0.2) is 0 Å². The average Bonchev–Trinajstić information content (AvgIpc) is 2.53. The molecule has 0 heterocycles. The molecule has 3 heteroatoms. The molecule has 0 spiro atoms. The highest BCUT2D eigenvalue weighted by Crippen LogP contribution is 2.31. The molecule has 0 saturated heterocycles. The fraction of sp³-hybridized carbons (Fsp3) is 0.889. The Kier molecular flexibility index (Phi) is 6.25. The van der Waals surface area contributed by atoms with Crippen molar-refractivity contribution in [2.75, 3.05) is 6.54 Å². The van der Waals surface area contributed by atoms with Crippen molar-refractivity contribution >= 4 is 11.7 Å². The summed E-state index contributed by atoms with van der Waals surface area (Å²) in [5, 5.41) is 3.18. The number of amides is 1. The molecule has 1 amide bonds. The van der Waals surface area contributed by atoms with Gasteiger partial charge in [-0.3, -0.25) is 9.59 Å². The van der Waals surface area contributed by atoms with Crippen LogP contribution in [0.4, 0.5) is 0 Å². The Labute approximate surface area is 129 Å². The monoisotopic (exact) mass is 293 g/mol. The predicted octanol–water partition coefficient (Wildman–Crippen LogP) is 3.71. The third-order valence-corrected chi connectivity index (χ3v) is 5.78. The number of hydrogen-bond acceptors (Lipinski definition) is 2. The molecule has 0 aromatic heterocycles. The Morgan fingerprint density at radius 3 is 1.90 bits per heavy atom. The first kappa shape index (κ1) is 16.5. The van der Waals surface area contributed by atoms with E-state index in [4.69, 9.17) is 0 Å². The minimum Gasteiger partial charge on any atom is -0.356 e. The molecule has 0 aliphatic heterocycles. The van der Waals surface area contributed by atoms with E-state index >= 15 is 0 Å². The highest BCUT2D eigenvalue weighted by molar-refractivity contribution is 5.79. The average molecular weight is 293 g/mol. The lowest BCUT2D eigenvalue weighted by atomic mass is 9.79. The van der Waals surface area contributed by atoms with Gasteiger partial charge < -0.3 is 5.32 Å². The molecule has 0 aromatic rings. The minimum absolute atomic E-state index is 0.251. The SMILES string of the molecule is CCC1CCC(C(=O)NCC2CCC(C(C)=O)CC2)CC1. The predicted molar refractivity (Wildman–Crippen MR) is 84.9 cm³/mol. The standard InChI is InChI=1S/C18H31NO2/c1-3-14-4-10-17(11-5-14)18(21)19-12-15-6-8-16(9-7-15)13(2)20/h14-17H,3-12H2,1-2H3,(H,19,21). The summed E-state index contributed by atoms with van der Waals surface area (Å²) in [6.07, 6.45) is 10.0. The van der Waals surface area contributed by atoms with Crippen LogP contribution in [-0.4, -0.2) is 18.2 Å². The van der Waals surface area contributed by atoms with Crippen LogP contribution < -0.4 is 5.32 Å². The second-order valence-electron chi connectivity index (χ2n) is 7.20. The van der Waals surface area contributed by atoms with Crippen LogP contribution in [0, 0.1) is 23.7 Å². The molecule has 2 fully saturated rings. The zero-order valence-electron chi connectivity index (χ0n) is 13.7. The van der Waals surface area contributed by atoms with Crippen molar-refractivity contribution in [3.8, 4) is 0 Å². The maximum atomic E-state index is 12.2. The minimum atomic E-state index is 0.251. The van der Waals surface area contributed by atoms with Gasteiger partial charge in [0, 0.05) is 18.4 Å². The summed E-state index contributed by atoms with van der Waals surface area (Å²) in [5.74, 6) is 2.57. The Morgan fingerprint density at radius 2 is 1.38 bits per heavy atom. The Morgan fingerprint density at radius 1 is 0.857 bits per heavy atom. The van der Waals surface area contributed by atoms with Crippen molar-refractivity contribution in [3.05, 3.63) is 0 Å². The molecule has 3 nitrogen and oxygen atoms in total. The molecule has 2 rings (SSSR count). The van der Waals surface area contributed by atoms with Gasteiger partial charge in [-0.15, -0.1) is 0 Å². The molecular weight excluding hydrogens is 262 g/mol. The van der Waals surface area contributed by atoms with Gasteiger partial charge in [0.1, 0.15) is 5.78 Å². The topological polar surface area (TPSA) is 46.2 Å². The number of hydrogen-bond donors (Lipinski definition) is 1. The van der Waals surface area contributed by atoms with E-state index in [2.05, 4.69) is 12.2 Å². The molecular formula is C18H31NO2. The zero-order chi connectivity index (χ0) is 15.2. The van der Waals surface area contributed by atoms with Crippen molar-refractivity contribution in [2.45, 2.75) is 71.6 Å². The molecule has 0 radical (unpaired) electrons. The number of Topliss-reactive ketones (excluding diaryl/α,β-unsaturated/α-hetero) is 1. The summed E-state index contributed by atoms with van der Waals surface area (Å²) in [6, 6.07) is 0. The van der Waals surface area contributed by atoms with E-state index in [9.17, 15) is 9.59 Å². The number of ketones is 1. The summed E-state index contributed by atoms with van der Waals surface area (Å²) in [7, 11) is 0. The van der Waals surface area contributed by atoms with Gasteiger partial charge in [0.15, 0.2) is 0 Å². The first-order chi connectivity index (χ1) is 10.1. The molecule has 21 heavy (non-hydrogen) atoms. The van der Waals surface area contributed by atoms with Crippen LogP contribution in [0.5, 0.6) is 0 Å². The zero-order valence-corrected chi connectivity index (χ0v) is 13.7. The van der Waals surface area contributed by atoms with Gasteiger partial charge in [-0.2, -0.15) is 0 Å². The lowest BCUT2D eigenvalue weighted by Gasteiger charge is -2.29. The fourth-order valence-electron chi connectivity index (χ4n) is 4.00. The normalized spacial score (nSPS) is 33.4. The second kappa shape index (κ2) is 7.95. The van der Waals surface area contributed by atoms with Crippen LogP contribution in [0.1, 0.15) is 71.6 Å². The molecule has 120 valence electrons. The maximum absolute atomic E-state index is 12.2. The van der Waals surface area contributed by atoms with Crippen LogP contribution in [-0.2, 0) is 9.59 Å². The summed E-state index contributed by atoms with van der Waals surface area (Å²) in [6.45, 7) is 4.78. The van der Waals surface area contributed by atoms with Crippen molar-refractivity contribution in [1.29, 1.82) is 0 Å². The molecule has 0 aromatic carbocycles. The summed E-state index contributed by atoms with van der Waals surface area (Å²) in [5.41, 5.74) is 0. The van der Waals surface area contributed by atoms with Gasteiger partial charge in [0.05, 0.1) is 0 Å². The number of carbonyl (C=O) groups excluding carboxylic acids is 2. The Hall–Kier alpha value is -0.860. The quantitative estimate of drug-likeness (QED) is 0.840. The molecule has 0 bridgehead atoms. The summed E-state index contributed by atoms with van der Waals surface area (Å²) in [4.78, 5) is 23.6. The molecule has 1 N–H and O–H groups in total. The largest absolute Gasteiger partial charge is 0.356 e. The summed E-state index contributed by atoms with van der Waals surface area (Å²) < 4.78 is 0. The molecule has 2 aliphatic carbocycles. The molecule has 0 atom stereocenters. The van der Waals surface area contributed by atoms with Gasteiger partial charge in [-0.25, -0.2) is 0 Å². The van der Waals surface area contributed by atoms with E-state index < -0.39 is 0 Å². The highest BCUT2D eigenvalue weighted by Gasteiger charge is 2.27. The summed E-state index contributed by atoms with van der Waals surface area (Å²) >= 11 is 0. The number of nitrogens with one attached hydrogen (secondary N) is 1. The number of carbonyl (C=O) groups is 2. The van der Waals surface area contributed by atoms with Crippen LogP contribution in [0.3, 0.4) is 0 Å². The van der Waals surface area contributed by atoms with Gasteiger partial charge >= 0.3 is 0 Å². The smallest absolute Gasteiger partial charge is 0.223 e. The first-order valence-corrected chi connectivity index (χ1v) is 8.88. The fourth-order valence-corrected chi connectivity index (χ4v) is 4.00. The molecule has 2 aliphatic rings. The Bertz CT molecular complexity index is 350. The van der Waals surface area contributed by atoms with E-state index in [-0.39, 0.29) is 17.7 Å². The maximum Gasteiger partial charge on any atom is 0.223 e.